The number of rotatable bonds is 3. The monoisotopic (exact) mass is 207 g/mol. The normalized spacial score (nSPS) is 10.4. The number of carbonyl (C=O) groups excluding carboxylic acids is 1. The zero-order chi connectivity index (χ0) is 9.97. The van der Waals surface area contributed by atoms with Crippen LogP contribution in [0.15, 0.2) is 17.6 Å². The van der Waals surface area contributed by atoms with Crippen molar-refractivity contribution < 1.29 is 4.79 Å². The molecule has 4 nitrogen and oxygen atoms in total. The van der Waals surface area contributed by atoms with Crippen LogP contribution in [0.25, 0.3) is 10.7 Å². The van der Waals surface area contributed by atoms with Gasteiger partial charge in [-0.1, -0.05) is 0 Å². The maximum atomic E-state index is 10.7. The van der Waals surface area contributed by atoms with E-state index in [0.29, 0.717) is 12.2 Å². The minimum Gasteiger partial charge on any atom is -0.296 e. The van der Waals surface area contributed by atoms with Crippen LogP contribution >= 0.6 is 11.3 Å². The first-order valence-electron chi connectivity index (χ1n) is 4.28. The Bertz CT molecular complexity index is 433. The van der Waals surface area contributed by atoms with Crippen molar-refractivity contribution in [3.05, 3.63) is 23.3 Å². The van der Waals surface area contributed by atoms with Crippen LogP contribution in [0.5, 0.6) is 0 Å². The first kappa shape index (κ1) is 9.08. The van der Waals surface area contributed by atoms with E-state index >= 15 is 0 Å². The van der Waals surface area contributed by atoms with E-state index in [9.17, 15) is 4.79 Å². The summed E-state index contributed by atoms with van der Waals surface area (Å²) in [5, 5.41) is 7.01. The summed E-state index contributed by atoms with van der Waals surface area (Å²) >= 11 is 1.52. The van der Waals surface area contributed by atoms with E-state index < -0.39 is 0 Å². The van der Waals surface area contributed by atoms with Gasteiger partial charge in [0.15, 0.2) is 6.29 Å². The summed E-state index contributed by atoms with van der Waals surface area (Å²) < 4.78 is 1.67. The molecule has 0 aliphatic carbocycles. The Morgan fingerprint density at radius 3 is 3.00 bits per heavy atom. The van der Waals surface area contributed by atoms with Crippen molar-refractivity contribution in [2.75, 3.05) is 0 Å². The Morgan fingerprint density at radius 2 is 2.50 bits per heavy atom. The highest BCUT2D eigenvalue weighted by Crippen LogP contribution is 2.20. The molecule has 2 aromatic rings. The highest BCUT2D eigenvalue weighted by Gasteiger charge is 2.08. The average Bonchev–Trinajstić information content (AvgIpc) is 2.85. The SMILES string of the molecule is CCn1nc(-c2nccs2)cc1C=O. The van der Waals surface area contributed by atoms with Crippen molar-refractivity contribution in [3.8, 4) is 10.7 Å². The lowest BCUT2D eigenvalue weighted by atomic mass is 10.4. The molecule has 72 valence electrons. The maximum absolute atomic E-state index is 10.7. The number of aromatic nitrogens is 3. The van der Waals surface area contributed by atoms with Crippen molar-refractivity contribution in [3.63, 3.8) is 0 Å². The number of hydrogen-bond acceptors (Lipinski definition) is 4. The standard InChI is InChI=1S/C9H9N3OS/c1-2-12-7(6-13)5-8(11-12)9-10-3-4-14-9/h3-6H,2H2,1H3. The molecule has 2 aromatic heterocycles. The smallest absolute Gasteiger partial charge is 0.168 e. The number of nitrogens with zero attached hydrogens (tertiary/aromatic N) is 3. The van der Waals surface area contributed by atoms with Gasteiger partial charge in [0.25, 0.3) is 0 Å². The number of aryl methyl sites for hydroxylation is 1. The van der Waals surface area contributed by atoms with Gasteiger partial charge in [-0.25, -0.2) is 4.98 Å². The van der Waals surface area contributed by atoms with Crippen LogP contribution in [0, 0.1) is 0 Å². The van der Waals surface area contributed by atoms with Gasteiger partial charge >= 0.3 is 0 Å². The van der Waals surface area contributed by atoms with E-state index in [1.165, 1.54) is 11.3 Å². The quantitative estimate of drug-likeness (QED) is 0.721. The largest absolute Gasteiger partial charge is 0.296 e. The van der Waals surface area contributed by atoms with Gasteiger partial charge in [0.05, 0.1) is 0 Å². The molecule has 0 saturated heterocycles. The lowest BCUT2D eigenvalue weighted by molar-refractivity contribution is 0.111. The molecule has 2 heterocycles. The van der Waals surface area contributed by atoms with Crippen molar-refractivity contribution in [2.24, 2.45) is 0 Å². The molecule has 0 fully saturated rings. The molecule has 14 heavy (non-hydrogen) atoms. The predicted molar refractivity (Wildman–Crippen MR) is 54.4 cm³/mol. The molecule has 0 N–H and O–H groups in total. The second-order valence-corrected chi connectivity index (χ2v) is 3.62. The van der Waals surface area contributed by atoms with Gasteiger partial charge in [0.2, 0.25) is 0 Å². The molecule has 0 saturated carbocycles. The molecule has 0 atom stereocenters. The Balaban J connectivity index is 2.46. The first-order chi connectivity index (χ1) is 6.85. The van der Waals surface area contributed by atoms with E-state index in [4.69, 9.17) is 0 Å². The van der Waals surface area contributed by atoms with Gasteiger partial charge in [-0.15, -0.1) is 11.3 Å². The van der Waals surface area contributed by atoms with Crippen LogP contribution in [0.4, 0.5) is 0 Å². The fourth-order valence-corrected chi connectivity index (χ4v) is 1.83. The minimum atomic E-state index is 0.595. The molecular formula is C9H9N3OS. The molecule has 2 rings (SSSR count). The summed E-state index contributed by atoms with van der Waals surface area (Å²) in [5.74, 6) is 0. The molecule has 0 spiro atoms. The summed E-state index contributed by atoms with van der Waals surface area (Å²) in [6.45, 7) is 2.64. The molecule has 5 heteroatoms. The number of carbonyl (C=O) groups is 1. The molecule has 0 aliphatic heterocycles. The third-order valence-electron chi connectivity index (χ3n) is 1.88. The summed E-state index contributed by atoms with van der Waals surface area (Å²) in [4.78, 5) is 14.8. The fraction of sp³-hybridized carbons (Fsp3) is 0.222. The second-order valence-electron chi connectivity index (χ2n) is 2.73. The van der Waals surface area contributed by atoms with Crippen LogP contribution < -0.4 is 0 Å². The minimum absolute atomic E-state index is 0.595. The zero-order valence-corrected chi connectivity index (χ0v) is 8.49. The van der Waals surface area contributed by atoms with Gasteiger partial charge in [0.1, 0.15) is 16.4 Å². The lowest BCUT2D eigenvalue weighted by Gasteiger charge is -1.94. The Morgan fingerprint density at radius 1 is 1.64 bits per heavy atom. The first-order valence-corrected chi connectivity index (χ1v) is 5.16. The van der Waals surface area contributed by atoms with E-state index in [-0.39, 0.29) is 0 Å². The third kappa shape index (κ3) is 1.46. The molecule has 0 bridgehead atoms. The topological polar surface area (TPSA) is 47.8 Å². The van der Waals surface area contributed by atoms with Crippen LogP contribution in [0.2, 0.25) is 0 Å². The Labute approximate surface area is 85.2 Å². The maximum Gasteiger partial charge on any atom is 0.168 e. The highest BCUT2D eigenvalue weighted by atomic mass is 32.1. The van der Waals surface area contributed by atoms with Crippen molar-refractivity contribution in [1.82, 2.24) is 14.8 Å². The molecular weight excluding hydrogens is 198 g/mol. The van der Waals surface area contributed by atoms with Gasteiger partial charge in [0, 0.05) is 18.1 Å². The van der Waals surface area contributed by atoms with Gasteiger partial charge in [-0.3, -0.25) is 9.48 Å². The average molecular weight is 207 g/mol. The summed E-state index contributed by atoms with van der Waals surface area (Å²) in [6.07, 6.45) is 2.54. The lowest BCUT2D eigenvalue weighted by Crippen LogP contribution is -2.00. The molecule has 0 aliphatic rings. The van der Waals surface area contributed by atoms with Gasteiger partial charge in [-0.05, 0) is 13.0 Å². The molecule has 0 aromatic carbocycles. The van der Waals surface area contributed by atoms with Crippen LogP contribution in [0.1, 0.15) is 17.4 Å². The van der Waals surface area contributed by atoms with Crippen molar-refractivity contribution >= 4 is 17.6 Å². The van der Waals surface area contributed by atoms with Gasteiger partial charge in [-0.2, -0.15) is 5.10 Å². The summed E-state index contributed by atoms with van der Waals surface area (Å²) in [7, 11) is 0. The third-order valence-corrected chi connectivity index (χ3v) is 2.68. The van der Waals surface area contributed by atoms with Crippen LogP contribution in [-0.4, -0.2) is 21.1 Å². The Hall–Kier alpha value is -1.49. The molecule has 0 radical (unpaired) electrons. The zero-order valence-electron chi connectivity index (χ0n) is 7.67. The van der Waals surface area contributed by atoms with E-state index in [0.717, 1.165) is 17.0 Å². The fourth-order valence-electron chi connectivity index (χ4n) is 1.23. The summed E-state index contributed by atoms with van der Waals surface area (Å²) in [6, 6.07) is 1.76. The second kappa shape index (κ2) is 3.71. The highest BCUT2D eigenvalue weighted by molar-refractivity contribution is 7.13. The Kier molecular flexibility index (Phi) is 2.41. The molecule has 0 unspecified atom stereocenters. The number of hydrogen-bond donors (Lipinski definition) is 0. The van der Waals surface area contributed by atoms with Crippen LogP contribution in [-0.2, 0) is 6.54 Å². The van der Waals surface area contributed by atoms with Crippen LogP contribution in [0.3, 0.4) is 0 Å². The van der Waals surface area contributed by atoms with E-state index in [1.54, 1.807) is 16.9 Å². The molecule has 0 amide bonds. The van der Waals surface area contributed by atoms with Crippen molar-refractivity contribution in [2.45, 2.75) is 13.5 Å². The number of thiazole rings is 1. The van der Waals surface area contributed by atoms with Crippen molar-refractivity contribution in [1.29, 1.82) is 0 Å². The van der Waals surface area contributed by atoms with E-state index in [2.05, 4.69) is 10.1 Å². The summed E-state index contributed by atoms with van der Waals surface area (Å²) in [5.41, 5.74) is 1.36. The predicted octanol–water partition coefficient (Wildman–Crippen LogP) is 1.84. The number of aldehydes is 1. The van der Waals surface area contributed by atoms with E-state index in [1.807, 2.05) is 12.3 Å². The van der Waals surface area contributed by atoms with Gasteiger partial charge < -0.3 is 0 Å².